The van der Waals surface area contributed by atoms with Crippen molar-refractivity contribution >= 4 is 5.69 Å². The lowest BCUT2D eigenvalue weighted by atomic mass is 9.85. The average Bonchev–Trinajstić information content (AvgIpc) is 2.73. The van der Waals surface area contributed by atoms with E-state index >= 15 is 0 Å². The van der Waals surface area contributed by atoms with E-state index in [2.05, 4.69) is 32.0 Å². The van der Waals surface area contributed by atoms with E-state index in [1.54, 1.807) is 5.56 Å². The summed E-state index contributed by atoms with van der Waals surface area (Å²) in [5.41, 5.74) is 10.2. The zero-order valence-electron chi connectivity index (χ0n) is 9.53. The van der Waals surface area contributed by atoms with Crippen molar-refractivity contribution in [3.63, 3.8) is 0 Å². The van der Waals surface area contributed by atoms with Gasteiger partial charge in [-0.25, -0.2) is 0 Å². The van der Waals surface area contributed by atoms with Gasteiger partial charge in [0.15, 0.2) is 0 Å². The van der Waals surface area contributed by atoms with Gasteiger partial charge in [-0.05, 0) is 53.7 Å². The molecule has 2 N–H and O–H groups in total. The number of benzene rings is 1. The van der Waals surface area contributed by atoms with Crippen LogP contribution in [0.3, 0.4) is 0 Å². The van der Waals surface area contributed by atoms with Crippen LogP contribution >= 0.6 is 0 Å². The predicted octanol–water partition coefficient (Wildman–Crippen LogP) is 3.52. The minimum Gasteiger partial charge on any atom is -0.398 e. The molecule has 3 atom stereocenters. The van der Waals surface area contributed by atoms with E-state index in [1.165, 1.54) is 18.4 Å². The summed E-state index contributed by atoms with van der Waals surface area (Å²) < 4.78 is 0. The maximum atomic E-state index is 6.12. The summed E-state index contributed by atoms with van der Waals surface area (Å²) in [6.07, 6.45) is 2.73. The number of hydrogen-bond donors (Lipinski definition) is 1. The van der Waals surface area contributed by atoms with Gasteiger partial charge in [-0.1, -0.05) is 26.0 Å². The molecule has 2 aliphatic rings. The molecule has 2 unspecified atom stereocenters. The molecule has 0 aliphatic heterocycles. The van der Waals surface area contributed by atoms with Crippen LogP contribution < -0.4 is 5.73 Å². The second-order valence-corrected chi connectivity index (χ2v) is 5.46. The zero-order chi connectivity index (χ0) is 10.6. The Morgan fingerprint density at radius 3 is 2.60 bits per heavy atom. The van der Waals surface area contributed by atoms with Gasteiger partial charge in [0.2, 0.25) is 0 Å². The third kappa shape index (κ3) is 1.09. The molecule has 1 fully saturated rings. The molecule has 1 saturated carbocycles. The Bertz CT molecular complexity index is 394. The molecule has 80 valence electrons. The lowest BCUT2D eigenvalue weighted by Crippen LogP contribution is -2.11. The Labute approximate surface area is 91.7 Å². The summed E-state index contributed by atoms with van der Waals surface area (Å²) in [4.78, 5) is 0. The van der Waals surface area contributed by atoms with Crippen molar-refractivity contribution in [2.24, 2.45) is 11.8 Å². The molecule has 2 aliphatic carbocycles. The van der Waals surface area contributed by atoms with E-state index < -0.39 is 0 Å². The predicted molar refractivity (Wildman–Crippen MR) is 63.9 cm³/mol. The molecule has 1 aromatic carbocycles. The van der Waals surface area contributed by atoms with Crippen molar-refractivity contribution in [3.05, 3.63) is 29.3 Å². The number of hydrogen-bond acceptors (Lipinski definition) is 1. The van der Waals surface area contributed by atoms with Crippen molar-refractivity contribution in [3.8, 4) is 0 Å². The molecule has 1 nitrogen and oxygen atoms in total. The lowest BCUT2D eigenvalue weighted by molar-refractivity contribution is 0.352. The largest absolute Gasteiger partial charge is 0.398 e. The van der Waals surface area contributed by atoms with Crippen molar-refractivity contribution in [1.82, 2.24) is 0 Å². The molecule has 3 rings (SSSR count). The third-order valence-electron chi connectivity index (χ3n) is 4.43. The molecule has 0 amide bonds. The van der Waals surface area contributed by atoms with E-state index in [-0.39, 0.29) is 0 Å². The van der Waals surface area contributed by atoms with E-state index in [9.17, 15) is 0 Å². The molecule has 2 bridgehead atoms. The van der Waals surface area contributed by atoms with E-state index in [1.807, 2.05) is 0 Å². The molecule has 0 saturated heterocycles. The first-order valence-electron chi connectivity index (χ1n) is 6.08. The molecule has 15 heavy (non-hydrogen) atoms. The van der Waals surface area contributed by atoms with Crippen LogP contribution in [0.2, 0.25) is 0 Å². The SMILES string of the molecule is CC(C)[C@@H]1C2CCC1c1c(N)cccc12. The van der Waals surface area contributed by atoms with Gasteiger partial charge in [0.05, 0.1) is 0 Å². The van der Waals surface area contributed by atoms with E-state index in [0.717, 1.165) is 29.4 Å². The molecular formula is C14H19N. The first-order chi connectivity index (χ1) is 7.20. The highest BCUT2D eigenvalue weighted by Crippen LogP contribution is 2.60. The average molecular weight is 201 g/mol. The minimum absolute atomic E-state index is 0.756. The number of nitrogens with two attached hydrogens (primary N) is 1. The maximum absolute atomic E-state index is 6.12. The molecule has 0 radical (unpaired) electrons. The van der Waals surface area contributed by atoms with Gasteiger partial charge >= 0.3 is 0 Å². The highest BCUT2D eigenvalue weighted by molar-refractivity contribution is 5.58. The summed E-state index contributed by atoms with van der Waals surface area (Å²) in [7, 11) is 0. The van der Waals surface area contributed by atoms with Gasteiger partial charge in [0.25, 0.3) is 0 Å². The molecule has 0 spiro atoms. The Kier molecular flexibility index (Phi) is 1.86. The second kappa shape index (κ2) is 3.01. The number of nitrogen functional groups attached to an aromatic ring is 1. The van der Waals surface area contributed by atoms with Gasteiger partial charge in [-0.3, -0.25) is 0 Å². The fourth-order valence-corrected chi connectivity index (χ4v) is 4.01. The molecule has 0 heterocycles. The summed E-state index contributed by atoms with van der Waals surface area (Å²) >= 11 is 0. The van der Waals surface area contributed by atoms with Gasteiger partial charge in [0.1, 0.15) is 0 Å². The van der Waals surface area contributed by atoms with Crippen molar-refractivity contribution in [2.45, 2.75) is 38.5 Å². The Hall–Kier alpha value is -0.980. The summed E-state index contributed by atoms with van der Waals surface area (Å²) in [5, 5.41) is 0. The molecular weight excluding hydrogens is 182 g/mol. The topological polar surface area (TPSA) is 26.0 Å². The smallest absolute Gasteiger partial charge is 0.0352 e. The summed E-state index contributed by atoms with van der Waals surface area (Å²) in [5.74, 6) is 3.19. The van der Waals surface area contributed by atoms with Crippen molar-refractivity contribution in [1.29, 1.82) is 0 Å². The Morgan fingerprint density at radius 1 is 1.20 bits per heavy atom. The lowest BCUT2D eigenvalue weighted by Gasteiger charge is -2.20. The molecule has 0 aromatic heterocycles. The van der Waals surface area contributed by atoms with Gasteiger partial charge in [-0.2, -0.15) is 0 Å². The van der Waals surface area contributed by atoms with Crippen molar-refractivity contribution < 1.29 is 0 Å². The third-order valence-corrected chi connectivity index (χ3v) is 4.43. The van der Waals surface area contributed by atoms with Gasteiger partial charge < -0.3 is 5.73 Å². The zero-order valence-corrected chi connectivity index (χ0v) is 9.53. The first-order valence-corrected chi connectivity index (χ1v) is 6.08. The Balaban J connectivity index is 2.13. The van der Waals surface area contributed by atoms with Crippen LogP contribution in [0.5, 0.6) is 0 Å². The van der Waals surface area contributed by atoms with Crippen LogP contribution in [0.1, 0.15) is 49.7 Å². The first kappa shape index (κ1) is 9.26. The molecule has 1 heteroatoms. The van der Waals surface area contributed by atoms with Crippen LogP contribution in [-0.2, 0) is 0 Å². The maximum Gasteiger partial charge on any atom is 0.0352 e. The van der Waals surface area contributed by atoms with E-state index in [4.69, 9.17) is 5.73 Å². The number of fused-ring (bicyclic) bond motifs is 5. The summed E-state index contributed by atoms with van der Waals surface area (Å²) in [6.45, 7) is 4.72. The van der Waals surface area contributed by atoms with Crippen LogP contribution in [0.25, 0.3) is 0 Å². The van der Waals surface area contributed by atoms with Crippen LogP contribution in [-0.4, -0.2) is 0 Å². The monoisotopic (exact) mass is 201 g/mol. The highest BCUT2D eigenvalue weighted by Gasteiger charge is 2.47. The van der Waals surface area contributed by atoms with E-state index in [0.29, 0.717) is 0 Å². The molecule has 1 aromatic rings. The van der Waals surface area contributed by atoms with Crippen LogP contribution in [0.15, 0.2) is 18.2 Å². The summed E-state index contributed by atoms with van der Waals surface area (Å²) in [6, 6.07) is 6.48. The second-order valence-electron chi connectivity index (χ2n) is 5.46. The van der Waals surface area contributed by atoms with Gasteiger partial charge in [0, 0.05) is 5.69 Å². The fourth-order valence-electron chi connectivity index (χ4n) is 4.01. The van der Waals surface area contributed by atoms with Crippen LogP contribution in [0, 0.1) is 11.8 Å². The minimum atomic E-state index is 0.756. The number of anilines is 1. The highest BCUT2D eigenvalue weighted by atomic mass is 14.6. The fraction of sp³-hybridized carbons (Fsp3) is 0.571. The standard InChI is InChI=1S/C14H19N/c1-8(2)13-10-6-7-11(13)14-9(10)4-3-5-12(14)15/h3-5,8,10-11,13H,6-7,15H2,1-2H3/t10?,11?,13-/m1/s1. The number of rotatable bonds is 1. The normalized spacial score (nSPS) is 32.3. The van der Waals surface area contributed by atoms with Crippen molar-refractivity contribution in [2.75, 3.05) is 5.73 Å². The van der Waals surface area contributed by atoms with Gasteiger partial charge in [-0.15, -0.1) is 0 Å². The quantitative estimate of drug-likeness (QED) is 0.691. The van der Waals surface area contributed by atoms with Crippen LogP contribution in [0.4, 0.5) is 5.69 Å². The Morgan fingerprint density at radius 2 is 1.93 bits per heavy atom.